The van der Waals surface area contributed by atoms with Gasteiger partial charge in [-0.3, -0.25) is 9.59 Å². The zero-order valence-electron chi connectivity index (χ0n) is 13.6. The van der Waals surface area contributed by atoms with Gasteiger partial charge in [-0.2, -0.15) is 0 Å². The number of esters is 2. The summed E-state index contributed by atoms with van der Waals surface area (Å²) in [4.78, 5) is 24.7. The van der Waals surface area contributed by atoms with Crippen LogP contribution in [0, 0.1) is 17.8 Å². The van der Waals surface area contributed by atoms with Crippen molar-refractivity contribution in [2.45, 2.75) is 39.5 Å². The highest BCUT2D eigenvalue weighted by molar-refractivity contribution is 6.30. The maximum Gasteiger partial charge on any atom is 0.315 e. The fourth-order valence-electron chi connectivity index (χ4n) is 2.77. The second kappa shape index (κ2) is 8.34. The smallest absolute Gasteiger partial charge is 0.315 e. The molecule has 126 valence electrons. The van der Waals surface area contributed by atoms with Crippen LogP contribution in [0.3, 0.4) is 0 Å². The summed E-state index contributed by atoms with van der Waals surface area (Å²) < 4.78 is 10.7. The van der Waals surface area contributed by atoms with Gasteiger partial charge in [0.15, 0.2) is 0 Å². The largest absolute Gasteiger partial charge is 0.465 e. The van der Waals surface area contributed by atoms with Gasteiger partial charge in [-0.05, 0) is 37.0 Å². The summed E-state index contributed by atoms with van der Waals surface area (Å²) in [5.41, 5.74) is 0. The number of ether oxygens (including phenoxy) is 2. The van der Waals surface area contributed by atoms with E-state index in [1.54, 1.807) is 24.3 Å². The Hall–Kier alpha value is -1.55. The Bertz CT molecular complexity index is 556. The molecule has 1 aliphatic rings. The van der Waals surface area contributed by atoms with E-state index in [0.29, 0.717) is 30.2 Å². The summed E-state index contributed by atoms with van der Waals surface area (Å²) in [6.45, 7) is 4.35. The van der Waals surface area contributed by atoms with Gasteiger partial charge in [-0.25, -0.2) is 0 Å². The minimum Gasteiger partial charge on any atom is -0.465 e. The molecular formula is C18H23ClO4. The monoisotopic (exact) mass is 338 g/mol. The van der Waals surface area contributed by atoms with Crippen LogP contribution in [-0.4, -0.2) is 18.5 Å². The fourth-order valence-corrected chi connectivity index (χ4v) is 2.95. The van der Waals surface area contributed by atoms with Crippen LogP contribution in [0.1, 0.15) is 39.5 Å². The highest BCUT2D eigenvalue weighted by Gasteiger charge is 2.38. The molecule has 2 atom stereocenters. The lowest BCUT2D eigenvalue weighted by molar-refractivity contribution is -0.159. The van der Waals surface area contributed by atoms with E-state index in [1.165, 1.54) is 0 Å². The van der Waals surface area contributed by atoms with Gasteiger partial charge >= 0.3 is 11.9 Å². The van der Waals surface area contributed by atoms with Gasteiger partial charge in [0.1, 0.15) is 5.75 Å². The summed E-state index contributed by atoms with van der Waals surface area (Å²) in [6.07, 6.45) is 3.18. The quantitative estimate of drug-likeness (QED) is 0.595. The molecule has 4 nitrogen and oxygen atoms in total. The minimum atomic E-state index is -0.442. The van der Waals surface area contributed by atoms with Gasteiger partial charge in [0.25, 0.3) is 0 Å². The summed E-state index contributed by atoms with van der Waals surface area (Å²) in [5, 5.41) is 0.506. The van der Waals surface area contributed by atoms with Gasteiger partial charge in [0.05, 0.1) is 18.4 Å². The molecule has 0 N–H and O–H groups in total. The van der Waals surface area contributed by atoms with E-state index in [0.717, 1.165) is 12.8 Å². The summed E-state index contributed by atoms with van der Waals surface area (Å²) >= 11 is 5.90. The van der Waals surface area contributed by atoms with Crippen molar-refractivity contribution in [2.24, 2.45) is 17.8 Å². The van der Waals surface area contributed by atoms with E-state index in [4.69, 9.17) is 21.1 Å². The van der Waals surface area contributed by atoms with Crippen LogP contribution in [0.15, 0.2) is 24.3 Å². The Morgan fingerprint density at radius 3 is 2.43 bits per heavy atom. The molecule has 0 saturated heterocycles. The van der Waals surface area contributed by atoms with E-state index < -0.39 is 11.8 Å². The average Bonchev–Trinajstić information content (AvgIpc) is 2.52. The third-order valence-corrected chi connectivity index (χ3v) is 4.18. The van der Waals surface area contributed by atoms with Gasteiger partial charge in [0, 0.05) is 5.02 Å². The first-order valence-corrected chi connectivity index (χ1v) is 8.49. The lowest BCUT2D eigenvalue weighted by Gasteiger charge is -2.28. The minimum absolute atomic E-state index is 0.277. The number of hydrogen-bond donors (Lipinski definition) is 0. The van der Waals surface area contributed by atoms with Crippen LogP contribution in [0.5, 0.6) is 5.75 Å². The van der Waals surface area contributed by atoms with Crippen LogP contribution in [0.25, 0.3) is 0 Å². The number of halogens is 1. The van der Waals surface area contributed by atoms with Crippen LogP contribution >= 0.6 is 11.6 Å². The molecule has 0 amide bonds. The number of carbonyl (C=O) groups is 2. The summed E-state index contributed by atoms with van der Waals surface area (Å²) in [5.74, 6) is -0.830. The molecule has 0 aliphatic heterocycles. The molecule has 1 fully saturated rings. The predicted molar refractivity (Wildman–Crippen MR) is 88.3 cm³/mol. The highest BCUT2D eigenvalue weighted by atomic mass is 35.5. The zero-order valence-corrected chi connectivity index (χ0v) is 14.3. The molecule has 2 unspecified atom stereocenters. The molecule has 0 heterocycles. The van der Waals surface area contributed by atoms with Gasteiger partial charge in [-0.15, -0.1) is 0 Å². The fraction of sp³-hybridized carbons (Fsp3) is 0.556. The van der Waals surface area contributed by atoms with E-state index in [9.17, 15) is 9.59 Å². The Morgan fingerprint density at radius 1 is 1.17 bits per heavy atom. The van der Waals surface area contributed by atoms with Crippen molar-refractivity contribution in [1.82, 2.24) is 0 Å². The van der Waals surface area contributed by atoms with Crippen LogP contribution in [0.2, 0.25) is 5.02 Å². The van der Waals surface area contributed by atoms with E-state index in [1.807, 2.05) is 13.8 Å². The molecule has 1 aromatic carbocycles. The first kappa shape index (κ1) is 17.8. The van der Waals surface area contributed by atoms with Crippen molar-refractivity contribution in [3.63, 3.8) is 0 Å². The molecule has 0 bridgehead atoms. The van der Waals surface area contributed by atoms with Crippen molar-refractivity contribution in [2.75, 3.05) is 6.61 Å². The van der Waals surface area contributed by atoms with Crippen LogP contribution in [0.4, 0.5) is 0 Å². The molecular weight excluding hydrogens is 316 g/mol. The normalized spacial score (nSPS) is 21.0. The van der Waals surface area contributed by atoms with Gasteiger partial charge in [-0.1, -0.05) is 44.4 Å². The summed E-state index contributed by atoms with van der Waals surface area (Å²) in [7, 11) is 0. The lowest BCUT2D eigenvalue weighted by Crippen LogP contribution is -2.36. The maximum absolute atomic E-state index is 12.5. The van der Waals surface area contributed by atoms with Crippen molar-refractivity contribution >= 4 is 23.5 Å². The zero-order chi connectivity index (χ0) is 16.8. The predicted octanol–water partition coefficient (Wildman–Crippen LogP) is 4.25. The second-order valence-corrected chi connectivity index (χ2v) is 6.84. The van der Waals surface area contributed by atoms with Gasteiger partial charge < -0.3 is 9.47 Å². The molecule has 5 heteroatoms. The van der Waals surface area contributed by atoms with Crippen molar-refractivity contribution in [3.05, 3.63) is 29.3 Å². The molecule has 1 aromatic rings. The van der Waals surface area contributed by atoms with Crippen LogP contribution in [-0.2, 0) is 14.3 Å². The molecule has 0 aromatic heterocycles. The Morgan fingerprint density at radius 2 is 1.83 bits per heavy atom. The molecule has 1 aliphatic carbocycles. The molecule has 1 saturated carbocycles. The molecule has 0 spiro atoms. The average molecular weight is 339 g/mol. The number of hydrogen-bond acceptors (Lipinski definition) is 4. The highest BCUT2D eigenvalue weighted by Crippen LogP contribution is 2.32. The van der Waals surface area contributed by atoms with Crippen molar-refractivity contribution in [3.8, 4) is 5.75 Å². The molecule has 23 heavy (non-hydrogen) atoms. The standard InChI is InChI=1S/C18H23ClO4/c1-12(2)11-22-17(20)15-8-3-4-9-16(15)18(21)23-14-7-5-6-13(19)10-14/h5-7,10,12,15-16H,3-4,8-9,11H2,1-2H3. The summed E-state index contributed by atoms with van der Waals surface area (Å²) in [6, 6.07) is 6.71. The second-order valence-electron chi connectivity index (χ2n) is 6.40. The number of rotatable bonds is 5. The maximum atomic E-state index is 12.5. The van der Waals surface area contributed by atoms with Crippen molar-refractivity contribution < 1.29 is 19.1 Å². The topological polar surface area (TPSA) is 52.6 Å². The lowest BCUT2D eigenvalue weighted by atomic mass is 9.79. The first-order valence-electron chi connectivity index (χ1n) is 8.11. The van der Waals surface area contributed by atoms with Gasteiger partial charge in [0.2, 0.25) is 0 Å². The first-order chi connectivity index (χ1) is 11.0. The third kappa shape index (κ3) is 5.24. The number of carbonyl (C=O) groups excluding carboxylic acids is 2. The number of benzene rings is 1. The molecule has 2 rings (SSSR count). The Labute approximate surface area is 142 Å². The Kier molecular flexibility index (Phi) is 6.46. The van der Waals surface area contributed by atoms with E-state index in [2.05, 4.69) is 0 Å². The van der Waals surface area contributed by atoms with Crippen molar-refractivity contribution in [1.29, 1.82) is 0 Å². The van der Waals surface area contributed by atoms with E-state index >= 15 is 0 Å². The third-order valence-electron chi connectivity index (χ3n) is 3.94. The molecule has 0 radical (unpaired) electrons. The van der Waals surface area contributed by atoms with E-state index in [-0.39, 0.29) is 17.9 Å². The van der Waals surface area contributed by atoms with Crippen LogP contribution < -0.4 is 4.74 Å². The Balaban J connectivity index is 2.02. The SMILES string of the molecule is CC(C)COC(=O)C1CCCCC1C(=O)Oc1cccc(Cl)c1.